The third-order valence-corrected chi connectivity index (χ3v) is 7.34. The number of carbonyl (C=O) groups is 2. The van der Waals surface area contributed by atoms with E-state index >= 15 is 0 Å². The van der Waals surface area contributed by atoms with Gasteiger partial charge in [0.05, 0.1) is 29.9 Å². The Balaban J connectivity index is 1.78. The first kappa shape index (κ1) is 33.6. The van der Waals surface area contributed by atoms with Gasteiger partial charge in [-0.1, -0.05) is 62.4 Å². The van der Waals surface area contributed by atoms with E-state index in [9.17, 15) is 24.2 Å². The number of aliphatic hydroxyl groups excluding tert-OH is 2. The molecule has 0 aliphatic heterocycles. The second-order valence-electron chi connectivity index (χ2n) is 12.6. The number of aromatic nitrogens is 1. The van der Waals surface area contributed by atoms with Crippen LogP contribution in [-0.4, -0.2) is 44.5 Å². The molecule has 7 nitrogen and oxygen atoms in total. The van der Waals surface area contributed by atoms with Crippen molar-refractivity contribution in [2.45, 2.75) is 84.2 Å². The van der Waals surface area contributed by atoms with E-state index in [0.717, 1.165) is 22.5 Å². The number of ether oxygens (including phenoxy) is 1. The summed E-state index contributed by atoms with van der Waals surface area (Å²) in [5.41, 5.74) is 4.22. The number of para-hydroxylation sites is 1. The second kappa shape index (κ2) is 14.7. The number of amides is 1. The van der Waals surface area contributed by atoms with Crippen molar-refractivity contribution in [1.29, 1.82) is 0 Å². The Labute approximate surface area is 264 Å². The van der Waals surface area contributed by atoms with Gasteiger partial charge in [-0.2, -0.15) is 0 Å². The first-order chi connectivity index (χ1) is 21.3. The molecule has 0 saturated heterocycles. The molecule has 3 aromatic carbocycles. The molecular formula is C37H43FN2O5. The molecule has 0 saturated carbocycles. The highest BCUT2D eigenvalue weighted by Gasteiger charge is 2.31. The first-order valence-corrected chi connectivity index (χ1v) is 15.4. The minimum Gasteiger partial charge on any atom is -0.460 e. The maximum Gasteiger partial charge on any atom is 0.308 e. The van der Waals surface area contributed by atoms with Crippen molar-refractivity contribution >= 4 is 17.6 Å². The number of halogens is 1. The van der Waals surface area contributed by atoms with E-state index in [2.05, 4.69) is 5.32 Å². The van der Waals surface area contributed by atoms with Gasteiger partial charge in [0.15, 0.2) is 0 Å². The van der Waals surface area contributed by atoms with Gasteiger partial charge in [0.2, 0.25) is 0 Å². The normalized spacial score (nSPS) is 13.0. The van der Waals surface area contributed by atoms with Crippen molar-refractivity contribution in [3.63, 3.8) is 0 Å². The van der Waals surface area contributed by atoms with E-state index < -0.39 is 23.8 Å². The lowest BCUT2D eigenvalue weighted by atomic mass is 9.94. The van der Waals surface area contributed by atoms with Crippen molar-refractivity contribution in [3.05, 3.63) is 102 Å². The van der Waals surface area contributed by atoms with E-state index in [4.69, 9.17) is 4.74 Å². The SMILES string of the molecule is CC(C)c1c(C(=O)Nc2ccccc2)c(-c2ccccc2)c(-c2ccc(F)cc2)n1CC[C@@H](O)C[C@H](O)CC(=O)OC(C)(C)C. The molecular weight excluding hydrogens is 571 g/mol. The summed E-state index contributed by atoms with van der Waals surface area (Å²) >= 11 is 0. The fourth-order valence-electron chi connectivity index (χ4n) is 5.58. The second-order valence-corrected chi connectivity index (χ2v) is 12.6. The van der Waals surface area contributed by atoms with Gasteiger partial charge in [-0.15, -0.1) is 0 Å². The van der Waals surface area contributed by atoms with E-state index in [1.165, 1.54) is 12.1 Å². The molecule has 0 spiro atoms. The van der Waals surface area contributed by atoms with Crippen LogP contribution in [0.2, 0.25) is 0 Å². The van der Waals surface area contributed by atoms with Crippen LogP contribution in [0.1, 0.15) is 75.9 Å². The number of esters is 1. The Morgan fingerprint density at radius 1 is 0.867 bits per heavy atom. The largest absolute Gasteiger partial charge is 0.460 e. The van der Waals surface area contributed by atoms with Gasteiger partial charge >= 0.3 is 5.97 Å². The molecule has 8 heteroatoms. The number of rotatable bonds is 12. The number of hydrogen-bond acceptors (Lipinski definition) is 5. The lowest BCUT2D eigenvalue weighted by molar-refractivity contribution is -0.157. The summed E-state index contributed by atoms with van der Waals surface area (Å²) in [4.78, 5) is 26.4. The minimum absolute atomic E-state index is 0.0176. The zero-order valence-corrected chi connectivity index (χ0v) is 26.6. The standard InChI is InChI=1S/C37H43FN2O5/c1-24(2)34-33(36(44)39-28-14-10-7-11-15-28)32(25-12-8-6-9-13-25)35(26-16-18-27(38)19-17-26)40(34)21-20-29(41)22-30(42)23-31(43)45-37(3,4)5/h6-19,24,29-30,41-42H,20-23H2,1-5H3,(H,39,44)/t29-,30+/m1/s1. The molecule has 1 aromatic heterocycles. The van der Waals surface area contributed by atoms with E-state index in [-0.39, 0.29) is 36.9 Å². The molecule has 4 rings (SSSR count). The van der Waals surface area contributed by atoms with Crippen molar-refractivity contribution in [2.24, 2.45) is 0 Å². The van der Waals surface area contributed by atoms with Gasteiger partial charge in [-0.3, -0.25) is 9.59 Å². The predicted molar refractivity (Wildman–Crippen MR) is 175 cm³/mol. The van der Waals surface area contributed by atoms with Crippen LogP contribution in [-0.2, 0) is 16.1 Å². The molecule has 1 amide bonds. The number of carbonyl (C=O) groups excluding carboxylic acids is 2. The van der Waals surface area contributed by atoms with Crippen molar-refractivity contribution in [3.8, 4) is 22.4 Å². The van der Waals surface area contributed by atoms with Gasteiger partial charge in [-0.05, 0) is 87.1 Å². The average Bonchev–Trinajstić information content (AvgIpc) is 3.32. The topological polar surface area (TPSA) is 101 Å². The van der Waals surface area contributed by atoms with Crippen LogP contribution in [0.25, 0.3) is 22.4 Å². The number of benzene rings is 3. The van der Waals surface area contributed by atoms with Crippen LogP contribution in [0.4, 0.5) is 10.1 Å². The van der Waals surface area contributed by atoms with Crippen molar-refractivity contribution in [1.82, 2.24) is 4.57 Å². The van der Waals surface area contributed by atoms with E-state index in [1.54, 1.807) is 32.9 Å². The highest BCUT2D eigenvalue weighted by Crippen LogP contribution is 2.42. The van der Waals surface area contributed by atoms with Crippen LogP contribution in [0.5, 0.6) is 0 Å². The van der Waals surface area contributed by atoms with Gasteiger partial charge in [0.25, 0.3) is 5.91 Å². The number of nitrogens with one attached hydrogen (secondary N) is 1. The summed E-state index contributed by atoms with van der Waals surface area (Å²) in [6.07, 6.45) is -2.02. The average molecular weight is 615 g/mol. The fraction of sp³-hybridized carbons (Fsp3) is 0.351. The molecule has 3 N–H and O–H groups in total. The Hall–Kier alpha value is -4.27. The first-order valence-electron chi connectivity index (χ1n) is 15.4. The third-order valence-electron chi connectivity index (χ3n) is 7.34. The lowest BCUT2D eigenvalue weighted by Crippen LogP contribution is -2.28. The van der Waals surface area contributed by atoms with Gasteiger partial charge < -0.3 is 24.8 Å². The van der Waals surface area contributed by atoms with Crippen LogP contribution in [0.3, 0.4) is 0 Å². The molecule has 0 unspecified atom stereocenters. The molecule has 0 aliphatic carbocycles. The smallest absolute Gasteiger partial charge is 0.308 e. The summed E-state index contributed by atoms with van der Waals surface area (Å²) in [5, 5.41) is 24.6. The minimum atomic E-state index is -1.08. The number of hydrogen-bond donors (Lipinski definition) is 3. The Morgan fingerprint density at radius 2 is 1.47 bits per heavy atom. The Bertz CT molecular complexity index is 1580. The third kappa shape index (κ3) is 8.90. The molecule has 45 heavy (non-hydrogen) atoms. The van der Waals surface area contributed by atoms with E-state index in [0.29, 0.717) is 23.4 Å². The maximum atomic E-state index is 14.2. The molecule has 0 fully saturated rings. The molecule has 0 bridgehead atoms. The van der Waals surface area contributed by atoms with Crippen LogP contribution >= 0.6 is 0 Å². The van der Waals surface area contributed by atoms with Crippen LogP contribution in [0.15, 0.2) is 84.9 Å². The summed E-state index contributed by atoms with van der Waals surface area (Å²) < 4.78 is 21.4. The maximum absolute atomic E-state index is 14.2. The quantitative estimate of drug-likeness (QED) is 0.143. The lowest BCUT2D eigenvalue weighted by Gasteiger charge is -2.22. The zero-order valence-electron chi connectivity index (χ0n) is 26.6. The van der Waals surface area contributed by atoms with Crippen LogP contribution in [0, 0.1) is 5.82 Å². The van der Waals surface area contributed by atoms with Gasteiger partial charge in [0, 0.05) is 23.5 Å². The van der Waals surface area contributed by atoms with E-state index in [1.807, 2.05) is 79.1 Å². The van der Waals surface area contributed by atoms with Crippen molar-refractivity contribution in [2.75, 3.05) is 5.32 Å². The predicted octanol–water partition coefficient (Wildman–Crippen LogP) is 7.57. The zero-order chi connectivity index (χ0) is 32.7. The monoisotopic (exact) mass is 614 g/mol. The number of nitrogens with zero attached hydrogens (tertiary/aromatic N) is 1. The summed E-state index contributed by atoms with van der Waals surface area (Å²) in [5.74, 6) is -1.29. The highest BCUT2D eigenvalue weighted by atomic mass is 19.1. The van der Waals surface area contributed by atoms with Crippen LogP contribution < -0.4 is 5.32 Å². The van der Waals surface area contributed by atoms with Crippen molar-refractivity contribution < 1.29 is 28.9 Å². The molecule has 0 radical (unpaired) electrons. The summed E-state index contributed by atoms with van der Waals surface area (Å²) in [6, 6.07) is 25.0. The number of anilines is 1. The molecule has 1 heterocycles. The molecule has 4 aromatic rings. The number of aliphatic hydroxyl groups is 2. The Morgan fingerprint density at radius 3 is 2.04 bits per heavy atom. The van der Waals surface area contributed by atoms with Gasteiger partial charge in [0.1, 0.15) is 11.4 Å². The molecule has 0 aliphatic rings. The molecule has 2 atom stereocenters. The highest BCUT2D eigenvalue weighted by molar-refractivity contribution is 6.12. The Kier molecular flexibility index (Phi) is 11.0. The molecule has 238 valence electrons. The fourth-order valence-corrected chi connectivity index (χ4v) is 5.58. The summed E-state index contributed by atoms with van der Waals surface area (Å²) in [7, 11) is 0. The summed E-state index contributed by atoms with van der Waals surface area (Å²) in [6.45, 7) is 9.59. The van der Waals surface area contributed by atoms with Gasteiger partial charge in [-0.25, -0.2) is 4.39 Å².